The van der Waals surface area contributed by atoms with Gasteiger partial charge in [-0.2, -0.15) is 0 Å². The van der Waals surface area contributed by atoms with Gasteiger partial charge in [0.05, 0.1) is 0 Å². The van der Waals surface area contributed by atoms with Crippen molar-refractivity contribution >= 4 is 0 Å². The minimum atomic E-state index is -0.684. The van der Waals surface area contributed by atoms with Crippen molar-refractivity contribution in [2.45, 2.75) is 12.3 Å². The van der Waals surface area contributed by atoms with Crippen LogP contribution in [0.25, 0.3) is 0 Å². The van der Waals surface area contributed by atoms with Gasteiger partial charge < -0.3 is 10.8 Å². The van der Waals surface area contributed by atoms with E-state index in [2.05, 4.69) is 0 Å². The summed E-state index contributed by atoms with van der Waals surface area (Å²) in [6, 6.07) is 10.4. The van der Waals surface area contributed by atoms with E-state index in [4.69, 9.17) is 5.73 Å². The second-order valence-electron chi connectivity index (χ2n) is 4.40. The number of aromatic hydroxyl groups is 1. The highest BCUT2D eigenvalue weighted by Crippen LogP contribution is 2.30. The minimum Gasteiger partial charge on any atom is -0.505 e. The summed E-state index contributed by atoms with van der Waals surface area (Å²) in [5.74, 6) is -1.60. The highest BCUT2D eigenvalue weighted by atomic mass is 19.1. The Hall–Kier alpha value is -1.94. The van der Waals surface area contributed by atoms with Crippen molar-refractivity contribution in [2.24, 2.45) is 5.73 Å². The van der Waals surface area contributed by atoms with Crippen LogP contribution in [0.5, 0.6) is 5.75 Å². The Balaban J connectivity index is 2.42. The van der Waals surface area contributed by atoms with E-state index in [9.17, 15) is 13.9 Å². The van der Waals surface area contributed by atoms with Crippen molar-refractivity contribution < 1.29 is 13.9 Å². The van der Waals surface area contributed by atoms with Gasteiger partial charge >= 0.3 is 0 Å². The molecule has 0 aliphatic heterocycles. The molecule has 2 aromatic rings. The Morgan fingerprint density at radius 2 is 1.79 bits per heavy atom. The maximum absolute atomic E-state index is 13.4. The molecule has 0 heterocycles. The van der Waals surface area contributed by atoms with Crippen molar-refractivity contribution in [1.82, 2.24) is 0 Å². The van der Waals surface area contributed by atoms with Gasteiger partial charge in [-0.3, -0.25) is 0 Å². The number of benzene rings is 2. The van der Waals surface area contributed by atoms with Crippen LogP contribution in [0.1, 0.15) is 23.5 Å². The van der Waals surface area contributed by atoms with E-state index in [0.29, 0.717) is 18.5 Å². The lowest BCUT2D eigenvalue weighted by Crippen LogP contribution is -2.09. The van der Waals surface area contributed by atoms with Gasteiger partial charge in [-0.15, -0.1) is 0 Å². The highest BCUT2D eigenvalue weighted by Gasteiger charge is 2.15. The first kappa shape index (κ1) is 13.5. The molecule has 2 aromatic carbocycles. The zero-order chi connectivity index (χ0) is 13.8. The lowest BCUT2D eigenvalue weighted by molar-refractivity contribution is 0.431. The molecule has 0 bridgehead atoms. The summed E-state index contributed by atoms with van der Waals surface area (Å²) in [5.41, 5.74) is 6.99. The number of phenolic OH excluding ortho intramolecular Hbond substituents is 1. The lowest BCUT2D eigenvalue weighted by atomic mass is 9.88. The largest absolute Gasteiger partial charge is 0.505 e. The first-order chi connectivity index (χ1) is 9.11. The maximum atomic E-state index is 13.4. The average molecular weight is 263 g/mol. The Morgan fingerprint density at radius 3 is 2.42 bits per heavy atom. The standard InChI is InChI=1S/C15H15F2NO/c16-12-3-1-2-10(8-12)13(6-7-18)11-4-5-15(19)14(17)9-11/h1-5,8-9,13,19H,6-7,18H2. The summed E-state index contributed by atoms with van der Waals surface area (Å²) >= 11 is 0. The molecule has 0 radical (unpaired) electrons. The van der Waals surface area contributed by atoms with E-state index in [1.165, 1.54) is 24.3 Å². The van der Waals surface area contributed by atoms with Gasteiger partial charge in [0.15, 0.2) is 11.6 Å². The van der Waals surface area contributed by atoms with Crippen molar-refractivity contribution in [3.63, 3.8) is 0 Å². The van der Waals surface area contributed by atoms with Crippen molar-refractivity contribution in [2.75, 3.05) is 6.54 Å². The second-order valence-corrected chi connectivity index (χ2v) is 4.40. The molecule has 100 valence electrons. The van der Waals surface area contributed by atoms with Crippen LogP contribution >= 0.6 is 0 Å². The molecule has 0 saturated heterocycles. The molecule has 0 amide bonds. The minimum absolute atomic E-state index is 0.184. The predicted octanol–water partition coefficient (Wildman–Crippen LogP) is 3.15. The summed E-state index contributed by atoms with van der Waals surface area (Å²) in [4.78, 5) is 0. The van der Waals surface area contributed by atoms with Gasteiger partial charge in [0, 0.05) is 5.92 Å². The van der Waals surface area contributed by atoms with E-state index >= 15 is 0 Å². The van der Waals surface area contributed by atoms with Gasteiger partial charge in [0.1, 0.15) is 5.82 Å². The Labute approximate surface area is 110 Å². The number of phenols is 1. The molecule has 0 saturated carbocycles. The Morgan fingerprint density at radius 1 is 1.05 bits per heavy atom. The highest BCUT2D eigenvalue weighted by molar-refractivity contribution is 5.36. The molecular weight excluding hydrogens is 248 g/mol. The van der Waals surface area contributed by atoms with E-state index in [1.54, 1.807) is 18.2 Å². The summed E-state index contributed by atoms with van der Waals surface area (Å²) in [6.07, 6.45) is 0.577. The first-order valence-electron chi connectivity index (χ1n) is 6.05. The molecule has 1 unspecified atom stereocenters. The van der Waals surface area contributed by atoms with Crippen molar-refractivity contribution in [3.05, 3.63) is 65.2 Å². The lowest BCUT2D eigenvalue weighted by Gasteiger charge is -2.17. The molecule has 4 heteroatoms. The predicted molar refractivity (Wildman–Crippen MR) is 70.0 cm³/mol. The SMILES string of the molecule is NCCC(c1cccc(F)c1)c1ccc(O)c(F)c1. The van der Waals surface area contributed by atoms with Crippen LogP contribution in [0.15, 0.2) is 42.5 Å². The van der Waals surface area contributed by atoms with Gasteiger partial charge in [0.25, 0.3) is 0 Å². The molecule has 3 N–H and O–H groups in total. The summed E-state index contributed by atoms with van der Waals surface area (Å²) in [6.45, 7) is 0.406. The molecule has 0 aromatic heterocycles. The maximum Gasteiger partial charge on any atom is 0.165 e. The topological polar surface area (TPSA) is 46.2 Å². The van der Waals surface area contributed by atoms with E-state index in [1.807, 2.05) is 0 Å². The number of hydrogen-bond acceptors (Lipinski definition) is 2. The number of halogens is 2. The van der Waals surface area contributed by atoms with Crippen LogP contribution in [-0.4, -0.2) is 11.7 Å². The number of hydrogen-bond donors (Lipinski definition) is 2. The van der Waals surface area contributed by atoms with Crippen LogP contribution in [0.3, 0.4) is 0 Å². The van der Waals surface area contributed by atoms with E-state index in [-0.39, 0.29) is 11.7 Å². The second kappa shape index (κ2) is 5.80. The third kappa shape index (κ3) is 3.09. The quantitative estimate of drug-likeness (QED) is 0.890. The molecule has 19 heavy (non-hydrogen) atoms. The van der Waals surface area contributed by atoms with Crippen molar-refractivity contribution in [1.29, 1.82) is 0 Å². The molecule has 0 aliphatic carbocycles. The van der Waals surface area contributed by atoms with Crippen LogP contribution < -0.4 is 5.73 Å². The van der Waals surface area contributed by atoms with E-state index < -0.39 is 11.6 Å². The van der Waals surface area contributed by atoms with Crippen molar-refractivity contribution in [3.8, 4) is 5.75 Å². The number of nitrogens with two attached hydrogens (primary N) is 1. The van der Waals surface area contributed by atoms with E-state index in [0.717, 1.165) is 5.56 Å². The fourth-order valence-electron chi connectivity index (χ4n) is 2.16. The molecular formula is C15H15F2NO. The third-order valence-corrected chi connectivity index (χ3v) is 3.08. The fourth-order valence-corrected chi connectivity index (χ4v) is 2.16. The first-order valence-corrected chi connectivity index (χ1v) is 6.05. The van der Waals surface area contributed by atoms with Gasteiger partial charge in [-0.1, -0.05) is 18.2 Å². The van der Waals surface area contributed by atoms with Crippen LogP contribution in [0.2, 0.25) is 0 Å². The Bertz CT molecular complexity index is 572. The zero-order valence-electron chi connectivity index (χ0n) is 10.3. The van der Waals surface area contributed by atoms with Crippen LogP contribution in [-0.2, 0) is 0 Å². The van der Waals surface area contributed by atoms with Crippen LogP contribution in [0.4, 0.5) is 8.78 Å². The normalized spacial score (nSPS) is 12.4. The smallest absolute Gasteiger partial charge is 0.165 e. The summed E-state index contributed by atoms with van der Waals surface area (Å²) < 4.78 is 26.7. The fraction of sp³-hybridized carbons (Fsp3) is 0.200. The molecule has 0 fully saturated rings. The monoisotopic (exact) mass is 263 g/mol. The Kier molecular flexibility index (Phi) is 4.12. The summed E-state index contributed by atoms with van der Waals surface area (Å²) in [7, 11) is 0. The molecule has 2 rings (SSSR count). The number of rotatable bonds is 4. The van der Waals surface area contributed by atoms with Crippen LogP contribution in [0, 0.1) is 11.6 Å². The average Bonchev–Trinajstić information content (AvgIpc) is 2.39. The van der Waals surface area contributed by atoms with Gasteiger partial charge in [-0.05, 0) is 48.4 Å². The zero-order valence-corrected chi connectivity index (χ0v) is 10.3. The molecule has 0 spiro atoms. The molecule has 1 atom stereocenters. The molecule has 2 nitrogen and oxygen atoms in total. The molecule has 0 aliphatic rings. The van der Waals surface area contributed by atoms with Gasteiger partial charge in [0.2, 0.25) is 0 Å². The van der Waals surface area contributed by atoms with Gasteiger partial charge in [-0.25, -0.2) is 8.78 Å². The third-order valence-electron chi connectivity index (χ3n) is 3.08. The summed E-state index contributed by atoms with van der Waals surface area (Å²) in [5, 5.41) is 9.21.